The molecule has 3 rings (SSSR count). The van der Waals surface area contributed by atoms with Crippen LogP contribution in [0.25, 0.3) is 0 Å². The maximum Gasteiger partial charge on any atom is 0.119 e. The highest BCUT2D eigenvalue weighted by Crippen LogP contribution is 2.15. The van der Waals surface area contributed by atoms with Crippen LogP contribution in [0.5, 0.6) is 5.75 Å². The van der Waals surface area contributed by atoms with Crippen molar-refractivity contribution in [2.24, 2.45) is 0 Å². The zero-order valence-corrected chi connectivity index (χ0v) is 15.8. The van der Waals surface area contributed by atoms with E-state index in [1.54, 1.807) is 0 Å². The minimum absolute atomic E-state index is 0.729. The van der Waals surface area contributed by atoms with Gasteiger partial charge in [-0.2, -0.15) is 0 Å². The van der Waals surface area contributed by atoms with E-state index >= 15 is 0 Å². The standard InChI is InChI=1S/C22H30N2O2/c1-23(11-10-20-6-3-2-4-7-20)19-21-8-5-9-22(18-21)26-17-14-24-12-15-25-16-13-24/h2-9,18H,10-17,19H2,1H3. The molecule has 0 bridgehead atoms. The van der Waals surface area contributed by atoms with Crippen molar-refractivity contribution in [2.45, 2.75) is 13.0 Å². The van der Waals surface area contributed by atoms with Crippen molar-refractivity contribution >= 4 is 0 Å². The summed E-state index contributed by atoms with van der Waals surface area (Å²) in [6.45, 7) is 7.37. The quantitative estimate of drug-likeness (QED) is 0.691. The van der Waals surface area contributed by atoms with Gasteiger partial charge in [0.05, 0.1) is 13.2 Å². The molecule has 1 fully saturated rings. The molecule has 4 nitrogen and oxygen atoms in total. The van der Waals surface area contributed by atoms with Crippen molar-refractivity contribution in [1.82, 2.24) is 9.80 Å². The SMILES string of the molecule is CN(CCc1ccccc1)Cc1cccc(OCCN2CCOCC2)c1. The zero-order chi connectivity index (χ0) is 18.0. The minimum atomic E-state index is 0.729. The Morgan fingerprint density at radius 3 is 2.58 bits per heavy atom. The molecular formula is C22H30N2O2. The fourth-order valence-corrected chi connectivity index (χ4v) is 3.21. The van der Waals surface area contributed by atoms with E-state index in [9.17, 15) is 0 Å². The van der Waals surface area contributed by atoms with Crippen LogP contribution in [0.15, 0.2) is 54.6 Å². The predicted octanol–water partition coefficient (Wildman–Crippen LogP) is 3.07. The van der Waals surface area contributed by atoms with Crippen LogP contribution in [-0.4, -0.2) is 62.8 Å². The zero-order valence-electron chi connectivity index (χ0n) is 15.8. The summed E-state index contributed by atoms with van der Waals surface area (Å²) in [6, 6.07) is 19.1. The van der Waals surface area contributed by atoms with Crippen LogP contribution in [-0.2, 0) is 17.7 Å². The molecule has 1 aliphatic rings. The van der Waals surface area contributed by atoms with Crippen molar-refractivity contribution in [3.05, 3.63) is 65.7 Å². The third kappa shape index (κ3) is 6.45. The first-order valence-electron chi connectivity index (χ1n) is 9.54. The highest BCUT2D eigenvalue weighted by atomic mass is 16.5. The van der Waals surface area contributed by atoms with E-state index in [0.717, 1.165) is 64.7 Å². The molecule has 0 amide bonds. The van der Waals surface area contributed by atoms with Gasteiger partial charge in [-0.1, -0.05) is 42.5 Å². The summed E-state index contributed by atoms with van der Waals surface area (Å²) in [5.41, 5.74) is 2.68. The van der Waals surface area contributed by atoms with E-state index in [1.807, 2.05) is 6.07 Å². The van der Waals surface area contributed by atoms with Gasteiger partial charge in [-0.3, -0.25) is 4.90 Å². The summed E-state index contributed by atoms with van der Waals surface area (Å²) in [4.78, 5) is 4.75. The minimum Gasteiger partial charge on any atom is -0.492 e. The van der Waals surface area contributed by atoms with Gasteiger partial charge >= 0.3 is 0 Å². The third-order valence-electron chi connectivity index (χ3n) is 4.76. The normalized spacial score (nSPS) is 15.3. The highest BCUT2D eigenvalue weighted by molar-refractivity contribution is 5.28. The van der Waals surface area contributed by atoms with E-state index in [2.05, 4.69) is 65.4 Å². The second-order valence-corrected chi connectivity index (χ2v) is 6.92. The van der Waals surface area contributed by atoms with Crippen LogP contribution in [0, 0.1) is 0 Å². The molecular weight excluding hydrogens is 324 g/mol. The van der Waals surface area contributed by atoms with Gasteiger partial charge in [0.1, 0.15) is 12.4 Å². The summed E-state index contributed by atoms with van der Waals surface area (Å²) in [6.07, 6.45) is 1.08. The summed E-state index contributed by atoms with van der Waals surface area (Å²) in [7, 11) is 2.18. The molecule has 140 valence electrons. The Hall–Kier alpha value is -1.88. The van der Waals surface area contributed by atoms with Crippen LogP contribution >= 0.6 is 0 Å². The van der Waals surface area contributed by atoms with Gasteiger partial charge in [0, 0.05) is 32.7 Å². The number of hydrogen-bond donors (Lipinski definition) is 0. The molecule has 0 unspecified atom stereocenters. The average molecular weight is 354 g/mol. The Balaban J connectivity index is 1.41. The van der Waals surface area contributed by atoms with Gasteiger partial charge in [0.15, 0.2) is 0 Å². The molecule has 0 aliphatic carbocycles. The number of benzene rings is 2. The molecule has 0 saturated carbocycles. The Kier molecular flexibility index (Phi) is 7.50. The highest BCUT2D eigenvalue weighted by Gasteiger charge is 2.10. The third-order valence-corrected chi connectivity index (χ3v) is 4.76. The van der Waals surface area contributed by atoms with Gasteiger partial charge < -0.3 is 14.4 Å². The molecule has 0 spiro atoms. The largest absolute Gasteiger partial charge is 0.492 e. The monoisotopic (exact) mass is 354 g/mol. The lowest BCUT2D eigenvalue weighted by atomic mass is 10.1. The van der Waals surface area contributed by atoms with Crippen LogP contribution in [0.2, 0.25) is 0 Å². The lowest BCUT2D eigenvalue weighted by Gasteiger charge is -2.26. The molecule has 2 aromatic carbocycles. The average Bonchev–Trinajstić information content (AvgIpc) is 2.68. The molecule has 2 aromatic rings. The molecule has 0 radical (unpaired) electrons. The first-order valence-corrected chi connectivity index (χ1v) is 9.54. The van der Waals surface area contributed by atoms with E-state index < -0.39 is 0 Å². The molecule has 0 aromatic heterocycles. The molecule has 0 atom stereocenters. The smallest absolute Gasteiger partial charge is 0.119 e. The molecule has 1 aliphatic heterocycles. The lowest BCUT2D eigenvalue weighted by molar-refractivity contribution is 0.0322. The van der Waals surface area contributed by atoms with Gasteiger partial charge in [-0.05, 0) is 36.7 Å². The Bertz CT molecular complexity index is 642. The van der Waals surface area contributed by atoms with Gasteiger partial charge in [0.25, 0.3) is 0 Å². The summed E-state index contributed by atoms with van der Waals surface area (Å²) >= 11 is 0. The Morgan fingerprint density at radius 1 is 1.00 bits per heavy atom. The number of morpholine rings is 1. The maximum absolute atomic E-state index is 5.96. The summed E-state index contributed by atoms with van der Waals surface area (Å²) < 4.78 is 11.3. The van der Waals surface area contributed by atoms with Gasteiger partial charge in [0.2, 0.25) is 0 Å². The number of ether oxygens (including phenoxy) is 2. The van der Waals surface area contributed by atoms with E-state index in [0.29, 0.717) is 0 Å². The van der Waals surface area contributed by atoms with Crippen molar-refractivity contribution < 1.29 is 9.47 Å². The molecule has 1 heterocycles. The van der Waals surface area contributed by atoms with Crippen LogP contribution < -0.4 is 4.74 Å². The van der Waals surface area contributed by atoms with Crippen molar-refractivity contribution in [3.63, 3.8) is 0 Å². The molecule has 0 N–H and O–H groups in total. The molecule has 1 saturated heterocycles. The van der Waals surface area contributed by atoms with E-state index in [4.69, 9.17) is 9.47 Å². The second kappa shape index (κ2) is 10.3. The van der Waals surface area contributed by atoms with Crippen molar-refractivity contribution in [3.8, 4) is 5.75 Å². The van der Waals surface area contributed by atoms with Gasteiger partial charge in [-0.25, -0.2) is 0 Å². The fourth-order valence-electron chi connectivity index (χ4n) is 3.21. The van der Waals surface area contributed by atoms with Crippen LogP contribution in [0.4, 0.5) is 0 Å². The van der Waals surface area contributed by atoms with Crippen molar-refractivity contribution in [2.75, 3.05) is 53.0 Å². The van der Waals surface area contributed by atoms with E-state index in [1.165, 1.54) is 11.1 Å². The topological polar surface area (TPSA) is 24.9 Å². The molecule has 26 heavy (non-hydrogen) atoms. The first kappa shape index (κ1) is 18.9. The van der Waals surface area contributed by atoms with E-state index in [-0.39, 0.29) is 0 Å². The maximum atomic E-state index is 5.96. The number of nitrogens with zero attached hydrogens (tertiary/aromatic N) is 2. The first-order chi connectivity index (χ1) is 12.8. The molecule has 4 heteroatoms. The number of rotatable bonds is 9. The summed E-state index contributed by atoms with van der Waals surface area (Å²) in [5, 5.41) is 0. The Labute approximate surface area is 157 Å². The number of hydrogen-bond acceptors (Lipinski definition) is 4. The van der Waals surface area contributed by atoms with Gasteiger partial charge in [-0.15, -0.1) is 0 Å². The lowest BCUT2D eigenvalue weighted by Crippen LogP contribution is -2.38. The fraction of sp³-hybridized carbons (Fsp3) is 0.455. The Morgan fingerprint density at radius 2 is 1.77 bits per heavy atom. The van der Waals surface area contributed by atoms with Crippen molar-refractivity contribution in [1.29, 1.82) is 0 Å². The van der Waals surface area contributed by atoms with Crippen LogP contribution in [0.1, 0.15) is 11.1 Å². The number of likely N-dealkylation sites (N-methyl/N-ethyl adjacent to an activating group) is 1. The predicted molar refractivity (Wildman–Crippen MR) is 106 cm³/mol. The van der Waals surface area contributed by atoms with Crippen LogP contribution in [0.3, 0.4) is 0 Å². The second-order valence-electron chi connectivity index (χ2n) is 6.92. The summed E-state index contributed by atoms with van der Waals surface area (Å²) in [5.74, 6) is 0.965.